The van der Waals surface area contributed by atoms with Crippen LogP contribution in [-0.4, -0.2) is 23.1 Å². The maximum atomic E-state index is 3.65. The van der Waals surface area contributed by atoms with Gasteiger partial charge in [-0.05, 0) is 0 Å². The summed E-state index contributed by atoms with van der Waals surface area (Å²) < 4.78 is 1.17. The zero-order valence-electron chi connectivity index (χ0n) is 5.94. The normalized spacial score (nSPS) is 7.73. The number of halogens is 2. The van der Waals surface area contributed by atoms with Crippen molar-refractivity contribution in [3.63, 3.8) is 0 Å². The van der Waals surface area contributed by atoms with Crippen molar-refractivity contribution in [1.82, 2.24) is 0 Å². The smallest absolute Gasteiger partial charge is 1.00 e. The van der Waals surface area contributed by atoms with Crippen molar-refractivity contribution in [3.05, 3.63) is 33.5 Å². The number of rotatable bonds is 2. The Morgan fingerprint density at radius 1 is 1.73 bits per heavy atom. The van der Waals surface area contributed by atoms with E-state index in [1.165, 1.54) is 9.35 Å². The molecular formula is C7H6Br2MgS. The molecule has 0 aliphatic rings. The zero-order valence-corrected chi connectivity index (χ0v) is 11.3. The quantitative estimate of drug-likeness (QED) is 0.398. The van der Waals surface area contributed by atoms with Crippen molar-refractivity contribution < 1.29 is 17.0 Å². The molecule has 0 amide bonds. The van der Waals surface area contributed by atoms with E-state index >= 15 is 0 Å². The van der Waals surface area contributed by atoms with Gasteiger partial charge in [-0.25, -0.2) is 0 Å². The Bertz CT molecular complexity index is 210. The molecule has 0 saturated carbocycles. The summed E-state index contributed by atoms with van der Waals surface area (Å²) in [5.41, 5.74) is 1.27. The van der Waals surface area contributed by atoms with Crippen molar-refractivity contribution in [3.8, 4) is 0 Å². The Balaban J connectivity index is 0. The van der Waals surface area contributed by atoms with Gasteiger partial charge in [-0.15, -0.1) is 27.9 Å². The van der Waals surface area contributed by atoms with Gasteiger partial charge in [-0.3, -0.25) is 11.3 Å². The Morgan fingerprint density at radius 2 is 2.36 bits per heavy atom. The molecule has 1 rings (SSSR count). The molecule has 0 N–H and O–H groups in total. The van der Waals surface area contributed by atoms with Crippen LogP contribution in [0.4, 0.5) is 0 Å². The predicted molar refractivity (Wildman–Crippen MR) is 50.5 cm³/mol. The van der Waals surface area contributed by atoms with E-state index < -0.39 is 0 Å². The first kappa shape index (κ1) is 14.7. The molecule has 0 bridgehead atoms. The first-order valence-electron chi connectivity index (χ1n) is 2.59. The Morgan fingerprint density at radius 3 is 2.73 bits per heavy atom. The summed E-state index contributed by atoms with van der Waals surface area (Å²) in [7, 11) is 0. The Hall–Kier alpha value is 1.17. The number of hydrogen-bond acceptors (Lipinski definition) is 1. The molecule has 0 radical (unpaired) electrons. The maximum Gasteiger partial charge on any atom is 2.00 e. The Kier molecular flexibility index (Phi) is 10.4. The summed E-state index contributed by atoms with van der Waals surface area (Å²) in [5, 5.41) is 3.03. The van der Waals surface area contributed by atoms with Gasteiger partial charge in [0.05, 0.1) is 0 Å². The molecule has 1 aromatic rings. The molecule has 11 heavy (non-hydrogen) atoms. The second-order valence-electron chi connectivity index (χ2n) is 1.66. The molecule has 0 spiro atoms. The Labute approximate surface area is 106 Å². The molecule has 0 atom stereocenters. The van der Waals surface area contributed by atoms with Crippen LogP contribution in [0.1, 0.15) is 5.56 Å². The first-order chi connectivity index (χ1) is 4.34. The van der Waals surface area contributed by atoms with Gasteiger partial charge in [0.25, 0.3) is 0 Å². The third kappa shape index (κ3) is 4.67. The van der Waals surface area contributed by atoms with E-state index in [-0.39, 0.29) is 40.0 Å². The molecule has 1 aromatic heterocycles. The molecule has 0 saturated heterocycles. The van der Waals surface area contributed by atoms with Crippen LogP contribution in [-0.2, 0) is 6.42 Å². The van der Waals surface area contributed by atoms with E-state index in [4.69, 9.17) is 0 Å². The standard InChI is InChI=1S/C7H6BrS.BrH.Mg/c1-2-3-6-4-5-9-7(6)8;;/h2,4H,1,3H2;1H;/q-1;;+2/p-1. The fourth-order valence-electron chi connectivity index (χ4n) is 0.569. The molecule has 4 heteroatoms. The fourth-order valence-corrected chi connectivity index (χ4v) is 1.70. The van der Waals surface area contributed by atoms with Crippen molar-refractivity contribution in [2.45, 2.75) is 6.42 Å². The summed E-state index contributed by atoms with van der Waals surface area (Å²) in [6.07, 6.45) is 2.82. The van der Waals surface area contributed by atoms with Crippen LogP contribution in [0.15, 0.2) is 22.5 Å². The van der Waals surface area contributed by atoms with Crippen molar-refractivity contribution in [1.29, 1.82) is 0 Å². The summed E-state index contributed by atoms with van der Waals surface area (Å²) >= 11 is 4.99. The molecule has 0 unspecified atom stereocenters. The monoisotopic (exact) mass is 304 g/mol. The third-order valence-corrected chi connectivity index (χ3v) is 2.67. The van der Waals surface area contributed by atoms with E-state index in [0.717, 1.165) is 6.42 Å². The maximum absolute atomic E-state index is 3.65. The molecule has 0 aliphatic carbocycles. The van der Waals surface area contributed by atoms with Crippen LogP contribution in [0.3, 0.4) is 0 Å². The molecule has 1 heterocycles. The minimum absolute atomic E-state index is 0. The van der Waals surface area contributed by atoms with Crippen LogP contribution in [0.25, 0.3) is 0 Å². The molecule has 56 valence electrons. The van der Waals surface area contributed by atoms with Crippen molar-refractivity contribution in [2.75, 3.05) is 0 Å². The van der Waals surface area contributed by atoms with Crippen LogP contribution in [0.5, 0.6) is 0 Å². The van der Waals surface area contributed by atoms with Gasteiger partial charge in [0.2, 0.25) is 0 Å². The minimum atomic E-state index is 0. The second-order valence-corrected chi connectivity index (χ2v) is 3.82. The van der Waals surface area contributed by atoms with Crippen LogP contribution in [0.2, 0.25) is 0 Å². The van der Waals surface area contributed by atoms with Gasteiger partial charge in [0, 0.05) is 0 Å². The van der Waals surface area contributed by atoms with E-state index in [9.17, 15) is 0 Å². The van der Waals surface area contributed by atoms with Gasteiger partial charge >= 0.3 is 23.1 Å². The van der Waals surface area contributed by atoms with Crippen molar-refractivity contribution >= 4 is 50.3 Å². The molecule has 0 aliphatic heterocycles. The summed E-state index contributed by atoms with van der Waals surface area (Å²) in [6, 6.07) is 1.98. The van der Waals surface area contributed by atoms with Gasteiger partial charge in [0.1, 0.15) is 0 Å². The van der Waals surface area contributed by atoms with Gasteiger partial charge in [-0.2, -0.15) is 11.6 Å². The molecule has 0 aromatic carbocycles. The average Bonchev–Trinajstić information content (AvgIpc) is 2.18. The second kappa shape index (κ2) is 7.80. The predicted octanol–water partition coefficient (Wildman–Crippen LogP) is -0.338. The summed E-state index contributed by atoms with van der Waals surface area (Å²) in [4.78, 5) is 0. The fraction of sp³-hybridized carbons (Fsp3) is 0.143. The van der Waals surface area contributed by atoms with E-state index in [2.05, 4.69) is 27.9 Å². The summed E-state index contributed by atoms with van der Waals surface area (Å²) in [5.74, 6) is 0. The topological polar surface area (TPSA) is 0 Å². The number of allylic oxidation sites excluding steroid dienone is 1. The zero-order chi connectivity index (χ0) is 6.69. The molecular weight excluding hydrogens is 300 g/mol. The third-order valence-electron chi connectivity index (χ3n) is 0.998. The van der Waals surface area contributed by atoms with Crippen LogP contribution < -0.4 is 17.0 Å². The van der Waals surface area contributed by atoms with E-state index in [0.29, 0.717) is 0 Å². The molecule has 0 nitrogen and oxygen atoms in total. The van der Waals surface area contributed by atoms with Gasteiger partial charge in [-0.1, -0.05) is 16.3 Å². The van der Waals surface area contributed by atoms with E-state index in [1.807, 2.05) is 12.1 Å². The molecule has 0 fully saturated rings. The average molecular weight is 306 g/mol. The number of thiophene rings is 1. The SMILES string of the molecule is C=CCc1c[c-]sc1Br.[Br-].[Mg+2]. The first-order valence-corrected chi connectivity index (χ1v) is 4.20. The van der Waals surface area contributed by atoms with Crippen LogP contribution in [0, 0.1) is 5.38 Å². The largest absolute Gasteiger partial charge is 2.00 e. The number of hydrogen-bond donors (Lipinski definition) is 0. The van der Waals surface area contributed by atoms with Crippen molar-refractivity contribution in [2.24, 2.45) is 0 Å². The minimum Gasteiger partial charge on any atom is -1.00 e. The van der Waals surface area contributed by atoms with Gasteiger partial charge < -0.3 is 17.0 Å². The van der Waals surface area contributed by atoms with Gasteiger partial charge in [0.15, 0.2) is 0 Å². The van der Waals surface area contributed by atoms with Crippen LogP contribution >= 0.6 is 27.3 Å². The van der Waals surface area contributed by atoms with E-state index in [1.54, 1.807) is 11.3 Å². The summed E-state index contributed by atoms with van der Waals surface area (Å²) in [6.45, 7) is 3.65.